The number of esters is 1. The lowest BCUT2D eigenvalue weighted by Gasteiger charge is -2.30. The number of anilines is 2. The van der Waals surface area contributed by atoms with Gasteiger partial charge in [0.05, 0.1) is 30.1 Å². The lowest BCUT2D eigenvalue weighted by atomic mass is 9.83. The number of fused-ring (bicyclic) bond motifs is 2. The van der Waals surface area contributed by atoms with Crippen molar-refractivity contribution < 1.29 is 19.4 Å². The molecule has 272 valence electrons. The Balaban J connectivity index is 0.000000220. The quantitative estimate of drug-likeness (QED) is 0.0893. The van der Waals surface area contributed by atoms with E-state index in [0.29, 0.717) is 54.2 Å². The summed E-state index contributed by atoms with van der Waals surface area (Å²) in [4.78, 5) is 38.6. The number of H-pyrrole nitrogens is 2. The third kappa shape index (κ3) is 10.5. The van der Waals surface area contributed by atoms with Gasteiger partial charge >= 0.3 is 11.9 Å². The number of nitrogens with zero attached hydrogens (tertiary/aromatic N) is 4. The van der Waals surface area contributed by atoms with Crippen LogP contribution in [0.2, 0.25) is 0 Å². The number of aromatic carboxylic acids is 1. The second-order valence-electron chi connectivity index (χ2n) is 13.2. The smallest absolute Gasteiger partial charge is 0.341 e. The number of aromatic nitrogens is 4. The van der Waals surface area contributed by atoms with Gasteiger partial charge in [0.2, 0.25) is 0 Å². The van der Waals surface area contributed by atoms with Crippen LogP contribution in [0, 0.1) is 34.5 Å². The van der Waals surface area contributed by atoms with Crippen LogP contribution in [-0.2, 0) is 4.74 Å². The number of ether oxygens (including phenoxy) is 1. The second kappa shape index (κ2) is 19.9. The van der Waals surface area contributed by atoms with Crippen LogP contribution in [0.5, 0.6) is 0 Å². The molecule has 0 spiro atoms. The molecule has 4 aromatic heterocycles. The van der Waals surface area contributed by atoms with Crippen LogP contribution in [0.25, 0.3) is 22.1 Å². The van der Waals surface area contributed by atoms with Crippen LogP contribution in [0.1, 0.15) is 125 Å². The highest BCUT2D eigenvalue weighted by molar-refractivity contribution is 6.05. The lowest BCUT2D eigenvalue weighted by molar-refractivity contribution is 0.0505. The molecule has 0 aromatic carbocycles. The molecule has 2 aliphatic carbocycles. The Morgan fingerprint density at radius 2 is 1.33 bits per heavy atom. The molecule has 51 heavy (non-hydrogen) atoms. The van der Waals surface area contributed by atoms with Crippen molar-refractivity contribution in [2.24, 2.45) is 11.8 Å². The summed E-state index contributed by atoms with van der Waals surface area (Å²) >= 11 is 0. The monoisotopic (exact) mass is 696 g/mol. The average Bonchev–Trinajstić information content (AvgIpc) is 3.84. The van der Waals surface area contributed by atoms with E-state index in [9.17, 15) is 14.7 Å². The lowest BCUT2D eigenvalue weighted by Crippen LogP contribution is -2.28. The van der Waals surface area contributed by atoms with Crippen LogP contribution in [-0.4, -0.2) is 55.7 Å². The van der Waals surface area contributed by atoms with Crippen molar-refractivity contribution in [1.82, 2.24) is 19.9 Å². The van der Waals surface area contributed by atoms with E-state index in [1.165, 1.54) is 12.6 Å². The van der Waals surface area contributed by atoms with Gasteiger partial charge in [-0.2, -0.15) is 10.5 Å². The highest BCUT2D eigenvalue weighted by atomic mass is 16.5. The Morgan fingerprint density at radius 3 is 1.80 bits per heavy atom. The number of nitriles is 2. The molecule has 2 saturated carbocycles. The largest absolute Gasteiger partial charge is 0.478 e. The first kappa shape index (κ1) is 38.7. The van der Waals surface area contributed by atoms with Crippen molar-refractivity contribution in [1.29, 1.82) is 10.5 Å². The van der Waals surface area contributed by atoms with Gasteiger partial charge in [-0.05, 0) is 68.9 Å². The maximum atomic E-state index is 12.5. The Morgan fingerprint density at radius 1 is 0.843 bits per heavy atom. The SMILES string of the molecule is CC.CCCOC(=O)c1cnc2[nH]ccc2c1N[C@H]1CCC[C@H](CCC#N)C1.N#CCC[C@H]1CCC[C@H](Nc2c(C(=O)O)cnc3[nH]ccc23)C1. The molecule has 4 aromatic rings. The molecular formula is C39H52N8O4. The van der Waals surface area contributed by atoms with E-state index in [-0.39, 0.29) is 17.6 Å². The molecule has 0 aliphatic heterocycles. The fourth-order valence-corrected chi connectivity index (χ4v) is 7.23. The summed E-state index contributed by atoms with van der Waals surface area (Å²) in [6.45, 7) is 6.38. The van der Waals surface area contributed by atoms with E-state index >= 15 is 0 Å². The number of pyridine rings is 2. The van der Waals surface area contributed by atoms with Crippen LogP contribution in [0.3, 0.4) is 0 Å². The van der Waals surface area contributed by atoms with Gasteiger partial charge in [-0.25, -0.2) is 19.6 Å². The number of hydrogen-bond donors (Lipinski definition) is 5. The number of carbonyl (C=O) groups excluding carboxylic acids is 1. The number of aromatic amines is 2. The minimum Gasteiger partial charge on any atom is -0.478 e. The average molecular weight is 697 g/mol. The van der Waals surface area contributed by atoms with Gasteiger partial charge in [0.15, 0.2) is 0 Å². The zero-order chi connectivity index (χ0) is 36.6. The van der Waals surface area contributed by atoms with E-state index in [1.807, 2.05) is 39.1 Å². The minimum absolute atomic E-state index is 0.205. The first-order valence-electron chi connectivity index (χ1n) is 18.5. The topological polar surface area (TPSA) is 193 Å². The van der Waals surface area contributed by atoms with E-state index in [4.69, 9.17) is 15.3 Å². The molecule has 2 aliphatic rings. The number of nitrogens with one attached hydrogen (secondary N) is 4. The molecule has 4 heterocycles. The number of carboxylic acid groups (broad SMARTS) is 1. The first-order valence-corrected chi connectivity index (χ1v) is 18.5. The number of rotatable bonds is 12. The van der Waals surface area contributed by atoms with Crippen molar-refractivity contribution in [3.63, 3.8) is 0 Å². The summed E-state index contributed by atoms with van der Waals surface area (Å²) in [6, 6.07) is 8.80. The summed E-state index contributed by atoms with van der Waals surface area (Å²) in [5, 5.41) is 35.8. The summed E-state index contributed by atoms with van der Waals surface area (Å²) in [5.41, 5.74) is 3.60. The fraction of sp³-hybridized carbons (Fsp3) is 0.538. The second-order valence-corrected chi connectivity index (χ2v) is 13.2. The molecular weight excluding hydrogens is 644 g/mol. The third-order valence-corrected chi connectivity index (χ3v) is 9.65. The molecule has 12 heteroatoms. The van der Waals surface area contributed by atoms with Crippen molar-refractivity contribution >= 4 is 45.4 Å². The maximum Gasteiger partial charge on any atom is 0.341 e. The number of hydrogen-bond acceptors (Lipinski definition) is 9. The molecule has 2 fully saturated rings. The van der Waals surface area contributed by atoms with E-state index in [2.05, 4.69) is 42.7 Å². The molecule has 5 N–H and O–H groups in total. The number of carbonyl (C=O) groups is 2. The van der Waals surface area contributed by atoms with E-state index < -0.39 is 5.97 Å². The van der Waals surface area contributed by atoms with Gasteiger partial charge in [-0.1, -0.05) is 46.5 Å². The van der Waals surface area contributed by atoms with Crippen molar-refractivity contribution in [2.45, 2.75) is 116 Å². The molecule has 4 atom stereocenters. The van der Waals surface area contributed by atoms with Crippen LogP contribution >= 0.6 is 0 Å². The molecule has 6 rings (SSSR count). The van der Waals surface area contributed by atoms with Crippen molar-refractivity contribution in [3.05, 3.63) is 48.0 Å². The van der Waals surface area contributed by atoms with Crippen LogP contribution in [0.15, 0.2) is 36.9 Å². The maximum absolute atomic E-state index is 12.5. The number of carboxylic acids is 1. The Labute approximate surface area is 300 Å². The van der Waals surface area contributed by atoms with Crippen LogP contribution in [0.4, 0.5) is 11.4 Å². The summed E-state index contributed by atoms with van der Waals surface area (Å²) < 4.78 is 5.34. The van der Waals surface area contributed by atoms with E-state index in [1.54, 1.807) is 12.4 Å². The van der Waals surface area contributed by atoms with Gasteiger partial charge in [0, 0.05) is 60.5 Å². The zero-order valence-corrected chi connectivity index (χ0v) is 30.1. The van der Waals surface area contributed by atoms with Crippen molar-refractivity contribution in [3.8, 4) is 12.1 Å². The highest BCUT2D eigenvalue weighted by Gasteiger charge is 2.26. The van der Waals surface area contributed by atoms with Crippen molar-refractivity contribution in [2.75, 3.05) is 17.2 Å². The Hall–Kier alpha value is -5.10. The predicted octanol–water partition coefficient (Wildman–Crippen LogP) is 8.97. The fourth-order valence-electron chi connectivity index (χ4n) is 7.23. The molecule has 0 unspecified atom stereocenters. The normalized spacial score (nSPS) is 19.7. The third-order valence-electron chi connectivity index (χ3n) is 9.65. The standard InChI is InChI=1S/C20H26N4O2.C17H20N4O2.C2H6/c1-2-11-26-20(25)17-13-23-19-16(8-10-22-19)18(17)24-15-7-3-5-14(12-15)6-4-9-21;18-7-2-4-11-3-1-5-12(9-11)21-15-13-6-8-19-16(13)20-10-14(15)17(22)23;1-2/h8,10,13-15H,2-7,11-12H2,1H3,(H2,22,23,24);6,8,10-12H,1-5,9H2,(H,22,23)(H2,19,20,21);1-2H3/t14-,15+;11-,12+;/m11./s1. The molecule has 0 bridgehead atoms. The van der Waals surface area contributed by atoms with Crippen LogP contribution < -0.4 is 10.6 Å². The predicted molar refractivity (Wildman–Crippen MR) is 199 cm³/mol. The Bertz CT molecular complexity index is 1800. The molecule has 0 radical (unpaired) electrons. The van der Waals surface area contributed by atoms with Gasteiger partial charge in [-0.15, -0.1) is 0 Å². The summed E-state index contributed by atoms with van der Waals surface area (Å²) in [6.07, 6.45) is 19.2. The molecule has 0 amide bonds. The minimum atomic E-state index is -0.972. The van der Waals surface area contributed by atoms with Gasteiger partial charge in [-0.3, -0.25) is 0 Å². The van der Waals surface area contributed by atoms with Gasteiger partial charge < -0.3 is 30.4 Å². The van der Waals surface area contributed by atoms with E-state index in [0.717, 1.165) is 86.3 Å². The highest BCUT2D eigenvalue weighted by Crippen LogP contribution is 2.34. The zero-order valence-electron chi connectivity index (χ0n) is 30.1. The molecule has 12 nitrogen and oxygen atoms in total. The van der Waals surface area contributed by atoms with Gasteiger partial charge in [0.25, 0.3) is 0 Å². The Kier molecular flexibility index (Phi) is 15.1. The summed E-state index contributed by atoms with van der Waals surface area (Å²) in [5.74, 6) is -0.195. The molecule has 0 saturated heterocycles. The first-order chi connectivity index (χ1) is 24.9. The van der Waals surface area contributed by atoms with Gasteiger partial charge in [0.1, 0.15) is 22.4 Å². The summed E-state index contributed by atoms with van der Waals surface area (Å²) in [7, 11) is 0.